The molecule has 0 atom stereocenters. The topological polar surface area (TPSA) is 113 Å². The maximum atomic E-state index is 6.12. The zero-order chi connectivity index (χ0) is 19.3. The predicted octanol–water partition coefficient (Wildman–Crippen LogP) is 3.73. The van der Waals surface area contributed by atoms with Crippen LogP contribution in [0, 0.1) is 0 Å². The number of benzene rings is 2. The highest BCUT2D eigenvalue weighted by atomic mass is 33.7. The van der Waals surface area contributed by atoms with E-state index in [1.54, 1.807) is 0 Å². The minimum absolute atomic E-state index is 0.608. The lowest BCUT2D eigenvalue weighted by Gasteiger charge is -2.03. The first-order valence-corrected chi connectivity index (χ1v) is 12.8. The Labute approximate surface area is 176 Å². The Morgan fingerprint density at radius 1 is 0.571 bits per heavy atom. The van der Waals surface area contributed by atoms with E-state index in [9.17, 15) is 0 Å². The highest BCUT2D eigenvalue weighted by Crippen LogP contribution is 2.48. The van der Waals surface area contributed by atoms with E-state index < -0.39 is 0 Å². The van der Waals surface area contributed by atoms with Gasteiger partial charge >= 0.3 is 0 Å². The summed E-state index contributed by atoms with van der Waals surface area (Å²) >= 11 is 0. The van der Waals surface area contributed by atoms with Crippen LogP contribution in [0.1, 0.15) is 0 Å². The van der Waals surface area contributed by atoms with E-state index in [0.717, 1.165) is 11.1 Å². The molecule has 0 spiro atoms. The summed E-state index contributed by atoms with van der Waals surface area (Å²) < 4.78 is 2.97. The van der Waals surface area contributed by atoms with Crippen molar-refractivity contribution in [1.82, 2.24) is 29.7 Å². The third-order valence-corrected chi connectivity index (χ3v) is 9.38. The summed E-state index contributed by atoms with van der Waals surface area (Å²) in [5.74, 6) is 13.5. The molecule has 0 saturated heterocycles. The van der Waals surface area contributed by atoms with Crippen LogP contribution < -0.4 is 11.7 Å². The zero-order valence-electron chi connectivity index (χ0n) is 14.2. The van der Waals surface area contributed by atoms with Gasteiger partial charge < -0.3 is 11.7 Å². The van der Waals surface area contributed by atoms with E-state index in [4.69, 9.17) is 11.7 Å². The second-order valence-corrected chi connectivity index (χ2v) is 11.0. The molecule has 0 unspecified atom stereocenters. The molecule has 0 radical (unpaired) electrons. The maximum Gasteiger partial charge on any atom is 0.221 e. The fourth-order valence-corrected chi connectivity index (χ4v) is 7.29. The van der Waals surface area contributed by atoms with Crippen LogP contribution in [0.25, 0.3) is 22.8 Å². The van der Waals surface area contributed by atoms with Crippen LogP contribution in [0.5, 0.6) is 0 Å². The van der Waals surface area contributed by atoms with Crippen LogP contribution in [0.15, 0.2) is 71.0 Å². The van der Waals surface area contributed by atoms with Crippen LogP contribution in [-0.2, 0) is 0 Å². The molecule has 12 heteroatoms. The third-order valence-electron chi connectivity index (χ3n) is 3.64. The number of nitrogen functional groups attached to an aromatic ring is 2. The van der Waals surface area contributed by atoms with Crippen LogP contribution in [-0.4, -0.2) is 29.7 Å². The maximum absolute atomic E-state index is 6.12. The van der Waals surface area contributed by atoms with Crippen molar-refractivity contribution in [2.24, 2.45) is 0 Å². The SMILES string of the molecule is Nn1c(SSSSc2nnc(-c3ccccc3)n2N)nnc1-c1ccccc1. The fourth-order valence-electron chi connectivity index (χ4n) is 2.32. The first-order chi connectivity index (χ1) is 13.7. The lowest BCUT2D eigenvalue weighted by molar-refractivity contribution is 0.854. The van der Waals surface area contributed by atoms with Crippen molar-refractivity contribution in [2.75, 3.05) is 11.7 Å². The highest BCUT2D eigenvalue weighted by molar-refractivity contribution is 9.26. The molecule has 0 aliphatic carbocycles. The first kappa shape index (κ1) is 19.1. The molecule has 8 nitrogen and oxygen atoms in total. The van der Waals surface area contributed by atoms with Crippen LogP contribution in [0.2, 0.25) is 0 Å². The lowest BCUT2D eigenvalue weighted by atomic mass is 10.2. The molecule has 4 rings (SSSR count). The van der Waals surface area contributed by atoms with Gasteiger partial charge in [0.25, 0.3) is 0 Å². The molecular weight excluding hydrogens is 433 g/mol. The van der Waals surface area contributed by atoms with Crippen molar-refractivity contribution >= 4 is 41.2 Å². The minimum atomic E-state index is 0.608. The van der Waals surface area contributed by atoms with Crippen molar-refractivity contribution in [3.05, 3.63) is 60.7 Å². The van der Waals surface area contributed by atoms with Crippen LogP contribution in [0.3, 0.4) is 0 Å². The Balaban J connectivity index is 1.35. The van der Waals surface area contributed by atoms with Crippen LogP contribution >= 0.6 is 41.2 Å². The molecule has 0 aliphatic heterocycles. The van der Waals surface area contributed by atoms with Gasteiger partial charge in [0.1, 0.15) is 0 Å². The summed E-state index contributed by atoms with van der Waals surface area (Å²) in [7, 11) is 5.82. The number of nitrogens with zero attached hydrogens (tertiary/aromatic N) is 6. The van der Waals surface area contributed by atoms with Gasteiger partial charge in [-0.25, -0.2) is 9.35 Å². The van der Waals surface area contributed by atoms with E-state index in [2.05, 4.69) is 20.4 Å². The van der Waals surface area contributed by atoms with Gasteiger partial charge in [-0.15, -0.1) is 20.4 Å². The van der Waals surface area contributed by atoms with E-state index >= 15 is 0 Å². The van der Waals surface area contributed by atoms with Crippen molar-refractivity contribution in [2.45, 2.75) is 10.3 Å². The molecule has 2 heterocycles. The smallest absolute Gasteiger partial charge is 0.221 e. The molecule has 2 aromatic carbocycles. The van der Waals surface area contributed by atoms with Gasteiger partial charge in [0.05, 0.1) is 0 Å². The van der Waals surface area contributed by atoms with Gasteiger partial charge in [0.15, 0.2) is 11.6 Å². The summed E-state index contributed by atoms with van der Waals surface area (Å²) in [6.45, 7) is 0. The van der Waals surface area contributed by atoms with E-state index in [1.807, 2.05) is 60.7 Å². The summed E-state index contributed by atoms with van der Waals surface area (Å²) in [5.41, 5.74) is 1.84. The quantitative estimate of drug-likeness (QED) is 0.247. The molecule has 0 saturated carbocycles. The van der Waals surface area contributed by atoms with E-state index in [0.29, 0.717) is 22.0 Å². The molecule has 0 aliphatic rings. The van der Waals surface area contributed by atoms with E-state index in [1.165, 1.54) is 50.6 Å². The average molecular weight is 447 g/mol. The molecule has 28 heavy (non-hydrogen) atoms. The third kappa shape index (κ3) is 4.09. The van der Waals surface area contributed by atoms with Gasteiger partial charge in [-0.05, 0) is 41.2 Å². The Hall–Kier alpha value is -2.28. The first-order valence-electron chi connectivity index (χ1n) is 7.93. The Morgan fingerprint density at radius 2 is 0.964 bits per heavy atom. The van der Waals surface area contributed by atoms with Gasteiger partial charge in [-0.1, -0.05) is 60.7 Å². The van der Waals surface area contributed by atoms with Crippen molar-refractivity contribution in [1.29, 1.82) is 0 Å². The number of rotatable bonds is 7. The highest BCUT2D eigenvalue weighted by Gasteiger charge is 2.15. The Bertz CT molecular complexity index is 965. The fraction of sp³-hybridized carbons (Fsp3) is 0. The van der Waals surface area contributed by atoms with Crippen molar-refractivity contribution in [3.8, 4) is 22.8 Å². The molecule has 142 valence electrons. The Morgan fingerprint density at radius 3 is 1.36 bits per heavy atom. The molecule has 0 bridgehead atoms. The van der Waals surface area contributed by atoms with Crippen molar-refractivity contribution in [3.63, 3.8) is 0 Å². The Kier molecular flexibility index (Phi) is 6.00. The second-order valence-electron chi connectivity index (χ2n) is 5.39. The second kappa shape index (κ2) is 8.82. The molecule has 4 N–H and O–H groups in total. The van der Waals surface area contributed by atoms with Crippen molar-refractivity contribution < 1.29 is 0 Å². The summed E-state index contributed by atoms with van der Waals surface area (Å²) in [6, 6.07) is 19.4. The predicted molar refractivity (Wildman–Crippen MR) is 118 cm³/mol. The number of hydrogen-bond donors (Lipinski definition) is 2. The number of aromatic nitrogens is 6. The minimum Gasteiger partial charge on any atom is -0.335 e. The average Bonchev–Trinajstić information content (AvgIpc) is 3.29. The van der Waals surface area contributed by atoms with Gasteiger partial charge in [-0.3, -0.25) is 0 Å². The van der Waals surface area contributed by atoms with Gasteiger partial charge in [-0.2, -0.15) is 0 Å². The summed E-state index contributed by atoms with van der Waals surface area (Å²) in [4.78, 5) is 0. The molecule has 2 aromatic heterocycles. The largest absolute Gasteiger partial charge is 0.335 e. The summed E-state index contributed by atoms with van der Waals surface area (Å²) in [5, 5.41) is 17.8. The molecule has 0 amide bonds. The molecular formula is C16H14N8S4. The normalized spacial score (nSPS) is 11.0. The van der Waals surface area contributed by atoms with E-state index in [-0.39, 0.29) is 0 Å². The number of hydrogen-bond acceptors (Lipinski definition) is 10. The van der Waals surface area contributed by atoms with Gasteiger partial charge in [0, 0.05) is 11.1 Å². The molecule has 4 aromatic rings. The summed E-state index contributed by atoms with van der Waals surface area (Å²) in [6.07, 6.45) is 0. The lowest BCUT2D eigenvalue weighted by Crippen LogP contribution is -2.11. The van der Waals surface area contributed by atoms with Crippen LogP contribution in [0.4, 0.5) is 0 Å². The zero-order valence-corrected chi connectivity index (χ0v) is 17.5. The number of nitrogens with two attached hydrogens (primary N) is 2. The van der Waals surface area contributed by atoms with Gasteiger partial charge in [0.2, 0.25) is 10.3 Å². The standard InChI is InChI=1S/C16H14N8S4/c17-23-13(11-7-3-1-4-8-11)19-21-15(23)25-27-28-26-16-22-20-14(24(16)18)12-9-5-2-6-10-12/h1-10H,17-18H2. The monoisotopic (exact) mass is 446 g/mol. The molecule has 0 fully saturated rings.